The number of hydrogen-bond acceptors (Lipinski definition) is 0. The van der Waals surface area contributed by atoms with Crippen molar-refractivity contribution in [2.75, 3.05) is 0 Å². The Labute approximate surface area is 79.9 Å². The number of rotatable bonds is 1. The van der Waals surface area contributed by atoms with Crippen LogP contribution < -0.4 is 10.4 Å². The molecule has 0 heterocycles. The van der Waals surface area contributed by atoms with Crippen LogP contribution in [0.5, 0.6) is 0 Å². The van der Waals surface area contributed by atoms with Gasteiger partial charge in [0.25, 0.3) is 0 Å². The van der Waals surface area contributed by atoms with E-state index in [0.717, 1.165) is 5.22 Å². The van der Waals surface area contributed by atoms with Crippen molar-refractivity contribution in [2.45, 2.75) is 20.8 Å². The topological polar surface area (TPSA) is 0 Å². The van der Waals surface area contributed by atoms with Crippen LogP contribution >= 0.6 is 0 Å². The Morgan fingerprint density at radius 1 is 1.38 bits per heavy atom. The fourth-order valence-electron chi connectivity index (χ4n) is 1.40. The highest BCUT2D eigenvalue weighted by atomic mass is 13.9. The van der Waals surface area contributed by atoms with Gasteiger partial charge >= 0.3 is 0 Å². The summed E-state index contributed by atoms with van der Waals surface area (Å²) in [5.41, 5.74) is 2.56. The zero-order chi connectivity index (χ0) is 9.84. The summed E-state index contributed by atoms with van der Waals surface area (Å²) in [6.07, 6.45) is 4.17. The van der Waals surface area contributed by atoms with E-state index in [0.29, 0.717) is 0 Å². The van der Waals surface area contributed by atoms with Crippen LogP contribution in [0.1, 0.15) is 19.4 Å². The first kappa shape index (κ1) is 9.79. The first-order chi connectivity index (χ1) is 6.15. The molecule has 1 aromatic rings. The highest BCUT2D eigenvalue weighted by Gasteiger charge is 1.88. The summed E-state index contributed by atoms with van der Waals surface area (Å²) in [5, 5.41) is 2.35. The molecule has 0 bridgehead atoms. The lowest BCUT2D eigenvalue weighted by Gasteiger charge is -1.96. The number of aryl methyl sites for hydroxylation is 1. The number of allylic oxidation sites excluding steroid dienone is 2. The minimum atomic E-state index is 1.10. The fraction of sp³-hybridized carbons (Fsp3) is 0.231. The Kier molecular flexibility index (Phi) is 3.07. The van der Waals surface area contributed by atoms with Gasteiger partial charge in [-0.15, -0.1) is 0 Å². The molecule has 0 saturated heterocycles. The third-order valence-electron chi connectivity index (χ3n) is 2.11. The Morgan fingerprint density at radius 3 is 2.69 bits per heavy atom. The fourth-order valence-corrected chi connectivity index (χ4v) is 1.40. The van der Waals surface area contributed by atoms with Crippen molar-refractivity contribution < 1.29 is 0 Å². The normalized spacial score (nSPS) is 13.5. The van der Waals surface area contributed by atoms with Gasteiger partial charge in [-0.1, -0.05) is 42.5 Å². The number of benzene rings is 1. The monoisotopic (exact) mass is 172 g/mol. The maximum atomic E-state index is 4.01. The predicted molar refractivity (Wildman–Crippen MR) is 59.8 cm³/mol. The van der Waals surface area contributed by atoms with E-state index in [1.54, 1.807) is 0 Å². The van der Waals surface area contributed by atoms with Crippen LogP contribution in [0.4, 0.5) is 0 Å². The Balaban J connectivity index is 3.52. The van der Waals surface area contributed by atoms with Crippen LogP contribution in [-0.4, -0.2) is 0 Å². The van der Waals surface area contributed by atoms with Crippen LogP contribution in [0.15, 0.2) is 30.4 Å². The standard InChI is InChI=1S/C13H16/c1-5-6-11(3)13-9-10(2)7-8-12(13)4/h5-9H,4H2,1-3H3. The van der Waals surface area contributed by atoms with Crippen molar-refractivity contribution in [2.24, 2.45) is 0 Å². The van der Waals surface area contributed by atoms with Gasteiger partial charge in [-0.2, -0.15) is 0 Å². The maximum Gasteiger partial charge on any atom is -0.0158 e. The van der Waals surface area contributed by atoms with Crippen molar-refractivity contribution in [3.05, 3.63) is 46.4 Å². The van der Waals surface area contributed by atoms with E-state index in [9.17, 15) is 0 Å². The SMILES string of the molecule is C=c1ccc(C)cc1=C(C)C=CC. The van der Waals surface area contributed by atoms with Gasteiger partial charge in [0.1, 0.15) is 0 Å². The highest BCUT2D eigenvalue weighted by Crippen LogP contribution is 1.93. The smallest absolute Gasteiger partial charge is 0.0158 e. The predicted octanol–water partition coefficient (Wildman–Crippen LogP) is 2.15. The van der Waals surface area contributed by atoms with Crippen LogP contribution in [0, 0.1) is 6.92 Å². The lowest BCUT2D eigenvalue weighted by molar-refractivity contribution is 1.39. The molecule has 0 heteroatoms. The van der Waals surface area contributed by atoms with E-state index >= 15 is 0 Å². The Morgan fingerprint density at radius 2 is 2.08 bits per heavy atom. The molecule has 0 saturated carbocycles. The molecule has 0 aromatic heterocycles. The second-order valence-corrected chi connectivity index (χ2v) is 3.34. The quantitative estimate of drug-likeness (QED) is 0.609. The molecule has 13 heavy (non-hydrogen) atoms. The van der Waals surface area contributed by atoms with E-state index in [1.807, 2.05) is 6.92 Å². The largest absolute Gasteiger partial charge is 0.0911 e. The molecular formula is C13H16. The van der Waals surface area contributed by atoms with Gasteiger partial charge in [-0.25, -0.2) is 0 Å². The van der Waals surface area contributed by atoms with Crippen molar-refractivity contribution in [1.82, 2.24) is 0 Å². The molecule has 68 valence electrons. The van der Waals surface area contributed by atoms with Crippen molar-refractivity contribution in [3.63, 3.8) is 0 Å². The minimum absolute atomic E-state index is 1.10. The molecule has 1 rings (SSSR count). The lowest BCUT2D eigenvalue weighted by Crippen LogP contribution is -2.24. The van der Waals surface area contributed by atoms with Crippen LogP contribution in [-0.2, 0) is 0 Å². The van der Waals surface area contributed by atoms with Gasteiger partial charge in [-0.05, 0) is 36.8 Å². The average Bonchev–Trinajstić information content (AvgIpc) is 2.09. The van der Waals surface area contributed by atoms with E-state index in [2.05, 4.69) is 50.8 Å². The molecule has 0 unspecified atom stereocenters. The van der Waals surface area contributed by atoms with E-state index in [1.165, 1.54) is 16.4 Å². The van der Waals surface area contributed by atoms with Gasteiger partial charge in [0.05, 0.1) is 0 Å². The Bertz CT molecular complexity index is 422. The molecule has 0 fully saturated rings. The molecule has 0 nitrogen and oxygen atoms in total. The van der Waals surface area contributed by atoms with Gasteiger partial charge < -0.3 is 0 Å². The summed E-state index contributed by atoms with van der Waals surface area (Å²) >= 11 is 0. The summed E-state index contributed by atoms with van der Waals surface area (Å²) < 4.78 is 0. The molecule has 0 aliphatic rings. The molecule has 0 aliphatic heterocycles. The average molecular weight is 172 g/mol. The van der Waals surface area contributed by atoms with Crippen molar-refractivity contribution in [3.8, 4) is 0 Å². The summed E-state index contributed by atoms with van der Waals surface area (Å²) in [5.74, 6) is 0. The van der Waals surface area contributed by atoms with E-state index in [4.69, 9.17) is 0 Å². The van der Waals surface area contributed by atoms with Crippen LogP contribution in [0.2, 0.25) is 0 Å². The first-order valence-corrected chi connectivity index (χ1v) is 4.54. The van der Waals surface area contributed by atoms with Gasteiger partial charge in [0, 0.05) is 0 Å². The summed E-state index contributed by atoms with van der Waals surface area (Å²) in [6, 6.07) is 6.34. The highest BCUT2D eigenvalue weighted by molar-refractivity contribution is 5.54. The summed E-state index contributed by atoms with van der Waals surface area (Å²) in [7, 11) is 0. The molecule has 0 spiro atoms. The first-order valence-electron chi connectivity index (χ1n) is 4.54. The second-order valence-electron chi connectivity index (χ2n) is 3.34. The van der Waals surface area contributed by atoms with Gasteiger partial charge in [0.2, 0.25) is 0 Å². The second kappa shape index (κ2) is 4.08. The van der Waals surface area contributed by atoms with E-state index < -0.39 is 0 Å². The summed E-state index contributed by atoms with van der Waals surface area (Å²) in [6.45, 7) is 10.3. The molecule has 0 radical (unpaired) electrons. The Hall–Kier alpha value is -1.30. The lowest BCUT2D eigenvalue weighted by atomic mass is 10.1. The van der Waals surface area contributed by atoms with Crippen LogP contribution in [0.25, 0.3) is 12.2 Å². The maximum absolute atomic E-state index is 4.01. The zero-order valence-corrected chi connectivity index (χ0v) is 8.59. The van der Waals surface area contributed by atoms with E-state index in [-0.39, 0.29) is 0 Å². The molecule has 0 aliphatic carbocycles. The molecule has 0 N–H and O–H groups in total. The molecule has 1 aromatic carbocycles. The zero-order valence-electron chi connectivity index (χ0n) is 8.59. The van der Waals surface area contributed by atoms with Gasteiger partial charge in [0.15, 0.2) is 0 Å². The van der Waals surface area contributed by atoms with Gasteiger partial charge in [-0.3, -0.25) is 0 Å². The molecule has 0 atom stereocenters. The summed E-state index contributed by atoms with van der Waals surface area (Å²) in [4.78, 5) is 0. The third-order valence-corrected chi connectivity index (χ3v) is 2.11. The molecular weight excluding hydrogens is 156 g/mol. The van der Waals surface area contributed by atoms with Crippen molar-refractivity contribution >= 4 is 12.2 Å². The van der Waals surface area contributed by atoms with Crippen LogP contribution in [0.3, 0.4) is 0 Å². The number of hydrogen-bond donors (Lipinski definition) is 0. The molecule has 0 amide bonds. The third kappa shape index (κ3) is 2.32. The van der Waals surface area contributed by atoms with Crippen molar-refractivity contribution in [1.29, 1.82) is 0 Å². The minimum Gasteiger partial charge on any atom is -0.0911 e.